The Labute approximate surface area is 127 Å². The Bertz CT molecular complexity index is 529. The molecular weight excluding hydrogens is 292 g/mol. The predicted octanol–water partition coefficient (Wildman–Crippen LogP) is 1.29. The van der Waals surface area contributed by atoms with Crippen molar-refractivity contribution in [2.75, 3.05) is 20.1 Å². The third-order valence-corrected chi connectivity index (χ3v) is 4.42. The van der Waals surface area contributed by atoms with Crippen LogP contribution in [0.2, 0.25) is 0 Å². The summed E-state index contributed by atoms with van der Waals surface area (Å²) in [6, 6.07) is 3.26. The second kappa shape index (κ2) is 6.71. The van der Waals surface area contributed by atoms with Crippen LogP contribution in [0.3, 0.4) is 0 Å². The number of hydrogen-bond acceptors (Lipinski definition) is 4. The molecule has 0 aromatic carbocycles. The normalized spacial score (nSPS) is 17.8. The Balaban J connectivity index is 1.94. The van der Waals surface area contributed by atoms with Crippen molar-refractivity contribution in [1.29, 1.82) is 0 Å². The van der Waals surface area contributed by atoms with Gasteiger partial charge in [0.25, 0.3) is 5.91 Å². The fourth-order valence-electron chi connectivity index (χ4n) is 2.53. The van der Waals surface area contributed by atoms with E-state index in [-0.39, 0.29) is 30.8 Å². The molecule has 1 saturated heterocycles. The smallest absolute Gasteiger partial charge is 0.305 e. The quantitative estimate of drug-likeness (QED) is 0.889. The SMILES string of the molecule is CN(CC(=O)N1CCCC1CC(=O)O)C(=O)c1cccs1. The van der Waals surface area contributed by atoms with Gasteiger partial charge in [-0.05, 0) is 24.3 Å². The molecule has 2 amide bonds. The van der Waals surface area contributed by atoms with Gasteiger partial charge in [-0.2, -0.15) is 0 Å². The lowest BCUT2D eigenvalue weighted by Gasteiger charge is -2.26. The Hall–Kier alpha value is -1.89. The second-order valence-corrected chi connectivity index (χ2v) is 6.07. The zero-order valence-electron chi connectivity index (χ0n) is 11.8. The zero-order valence-corrected chi connectivity index (χ0v) is 12.6. The highest BCUT2D eigenvalue weighted by Crippen LogP contribution is 2.20. The van der Waals surface area contributed by atoms with Crippen LogP contribution < -0.4 is 0 Å². The number of nitrogens with zero attached hydrogens (tertiary/aromatic N) is 2. The van der Waals surface area contributed by atoms with E-state index in [0.717, 1.165) is 6.42 Å². The van der Waals surface area contributed by atoms with Gasteiger partial charge in [-0.3, -0.25) is 14.4 Å². The van der Waals surface area contributed by atoms with E-state index in [1.54, 1.807) is 24.1 Å². The van der Waals surface area contributed by atoms with Crippen molar-refractivity contribution in [2.45, 2.75) is 25.3 Å². The molecule has 1 N–H and O–H groups in total. The minimum atomic E-state index is -0.900. The zero-order chi connectivity index (χ0) is 15.4. The predicted molar refractivity (Wildman–Crippen MR) is 78.3 cm³/mol. The number of carbonyl (C=O) groups excluding carboxylic acids is 2. The number of carboxylic acids is 1. The molecule has 1 aliphatic heterocycles. The van der Waals surface area contributed by atoms with Crippen LogP contribution in [-0.2, 0) is 9.59 Å². The number of carboxylic acid groups (broad SMARTS) is 1. The van der Waals surface area contributed by atoms with Gasteiger partial charge in [0.15, 0.2) is 0 Å². The van der Waals surface area contributed by atoms with Gasteiger partial charge in [-0.25, -0.2) is 0 Å². The Morgan fingerprint density at radius 2 is 2.24 bits per heavy atom. The van der Waals surface area contributed by atoms with Crippen molar-refractivity contribution in [1.82, 2.24) is 9.80 Å². The fraction of sp³-hybridized carbons (Fsp3) is 0.500. The number of thiophene rings is 1. The first kappa shape index (κ1) is 15.5. The summed E-state index contributed by atoms with van der Waals surface area (Å²) in [5.74, 6) is -1.28. The summed E-state index contributed by atoms with van der Waals surface area (Å²) in [6.07, 6.45) is 1.49. The second-order valence-electron chi connectivity index (χ2n) is 5.12. The lowest BCUT2D eigenvalue weighted by atomic mass is 10.1. The monoisotopic (exact) mass is 310 g/mol. The molecule has 114 valence electrons. The van der Waals surface area contributed by atoms with E-state index in [1.165, 1.54) is 16.2 Å². The molecule has 0 aliphatic carbocycles. The number of rotatable bonds is 5. The molecule has 1 unspecified atom stereocenters. The summed E-state index contributed by atoms with van der Waals surface area (Å²) in [6.45, 7) is 0.546. The van der Waals surface area contributed by atoms with Crippen molar-refractivity contribution in [3.8, 4) is 0 Å². The lowest BCUT2D eigenvalue weighted by Crippen LogP contribution is -2.43. The van der Waals surface area contributed by atoms with Crippen molar-refractivity contribution < 1.29 is 19.5 Å². The summed E-state index contributed by atoms with van der Waals surface area (Å²) >= 11 is 1.33. The van der Waals surface area contributed by atoms with Crippen LogP contribution >= 0.6 is 11.3 Å². The molecule has 21 heavy (non-hydrogen) atoms. The van der Waals surface area contributed by atoms with Crippen LogP contribution in [0.1, 0.15) is 28.9 Å². The molecule has 1 aliphatic rings. The first-order chi connectivity index (χ1) is 9.99. The van der Waals surface area contributed by atoms with Crippen LogP contribution in [0, 0.1) is 0 Å². The highest BCUT2D eigenvalue weighted by molar-refractivity contribution is 7.12. The number of likely N-dealkylation sites (tertiary alicyclic amines) is 1. The summed E-state index contributed by atoms with van der Waals surface area (Å²) in [5, 5.41) is 10.7. The molecular formula is C14H18N2O4S. The molecule has 0 saturated carbocycles. The minimum absolute atomic E-state index is 0.0210. The largest absolute Gasteiger partial charge is 0.481 e. The third-order valence-electron chi connectivity index (χ3n) is 3.56. The van der Waals surface area contributed by atoms with Crippen molar-refractivity contribution in [3.63, 3.8) is 0 Å². The topological polar surface area (TPSA) is 77.9 Å². The molecule has 0 radical (unpaired) electrons. The molecule has 7 heteroatoms. The van der Waals surface area contributed by atoms with E-state index in [2.05, 4.69) is 0 Å². The molecule has 0 spiro atoms. The standard InChI is InChI=1S/C14H18N2O4S/c1-15(14(20)11-5-3-7-21-11)9-12(17)16-6-2-4-10(16)8-13(18)19/h3,5,7,10H,2,4,6,8-9H2,1H3,(H,18,19). The summed E-state index contributed by atoms with van der Waals surface area (Å²) in [5.41, 5.74) is 0. The average molecular weight is 310 g/mol. The number of aliphatic carboxylic acids is 1. The van der Waals surface area contributed by atoms with Crippen LogP contribution in [-0.4, -0.2) is 58.9 Å². The third kappa shape index (κ3) is 3.81. The van der Waals surface area contributed by atoms with Crippen LogP contribution in [0.15, 0.2) is 17.5 Å². The summed E-state index contributed by atoms with van der Waals surface area (Å²) < 4.78 is 0. The van der Waals surface area contributed by atoms with Crippen molar-refractivity contribution in [3.05, 3.63) is 22.4 Å². The summed E-state index contributed by atoms with van der Waals surface area (Å²) in [7, 11) is 1.59. The van der Waals surface area contributed by atoms with E-state index in [0.29, 0.717) is 17.8 Å². The molecule has 2 heterocycles. The van der Waals surface area contributed by atoms with E-state index < -0.39 is 5.97 Å². The minimum Gasteiger partial charge on any atom is -0.481 e. The fourth-order valence-corrected chi connectivity index (χ4v) is 3.25. The van der Waals surface area contributed by atoms with Crippen LogP contribution in [0.25, 0.3) is 0 Å². The van der Waals surface area contributed by atoms with Gasteiger partial charge < -0.3 is 14.9 Å². The van der Waals surface area contributed by atoms with Crippen LogP contribution in [0.4, 0.5) is 0 Å². The van der Waals surface area contributed by atoms with Gasteiger partial charge in [-0.1, -0.05) is 6.07 Å². The Morgan fingerprint density at radius 1 is 1.48 bits per heavy atom. The number of likely N-dealkylation sites (N-methyl/N-ethyl adjacent to an activating group) is 1. The summed E-state index contributed by atoms with van der Waals surface area (Å²) in [4.78, 5) is 38.7. The van der Waals surface area contributed by atoms with Crippen molar-refractivity contribution >= 4 is 29.1 Å². The first-order valence-corrected chi connectivity index (χ1v) is 7.67. The van der Waals surface area contributed by atoms with Gasteiger partial charge in [0.05, 0.1) is 17.8 Å². The van der Waals surface area contributed by atoms with Gasteiger partial charge in [-0.15, -0.1) is 11.3 Å². The maximum Gasteiger partial charge on any atom is 0.305 e. The van der Waals surface area contributed by atoms with E-state index in [1.807, 2.05) is 5.38 Å². The van der Waals surface area contributed by atoms with Crippen LogP contribution in [0.5, 0.6) is 0 Å². The van der Waals surface area contributed by atoms with Gasteiger partial charge in [0.1, 0.15) is 0 Å². The molecule has 1 fully saturated rings. The van der Waals surface area contributed by atoms with Crippen molar-refractivity contribution in [2.24, 2.45) is 0 Å². The van der Waals surface area contributed by atoms with E-state index in [4.69, 9.17) is 5.11 Å². The van der Waals surface area contributed by atoms with Gasteiger partial charge >= 0.3 is 5.97 Å². The maximum absolute atomic E-state index is 12.3. The van der Waals surface area contributed by atoms with Gasteiger partial charge in [0.2, 0.25) is 5.91 Å². The molecule has 1 aromatic heterocycles. The highest BCUT2D eigenvalue weighted by Gasteiger charge is 2.31. The highest BCUT2D eigenvalue weighted by atomic mass is 32.1. The number of amides is 2. The molecule has 6 nitrogen and oxygen atoms in total. The average Bonchev–Trinajstić information content (AvgIpc) is 3.07. The molecule has 1 aromatic rings. The Kier molecular flexibility index (Phi) is 4.95. The van der Waals surface area contributed by atoms with Gasteiger partial charge in [0, 0.05) is 19.6 Å². The number of carbonyl (C=O) groups is 3. The molecule has 1 atom stereocenters. The lowest BCUT2D eigenvalue weighted by molar-refractivity contribution is -0.140. The maximum atomic E-state index is 12.3. The molecule has 2 rings (SSSR count). The first-order valence-electron chi connectivity index (χ1n) is 6.79. The number of hydrogen-bond donors (Lipinski definition) is 1. The van der Waals surface area contributed by atoms with E-state index in [9.17, 15) is 14.4 Å². The van der Waals surface area contributed by atoms with E-state index >= 15 is 0 Å². The molecule has 0 bridgehead atoms. The Morgan fingerprint density at radius 3 is 2.86 bits per heavy atom.